The van der Waals surface area contributed by atoms with Gasteiger partial charge in [0.15, 0.2) is 0 Å². The normalized spacial score (nSPS) is 25.0. The Morgan fingerprint density at radius 2 is 1.94 bits per heavy atom. The maximum atomic E-state index is 5.89. The molecule has 0 radical (unpaired) electrons. The second-order valence-electron chi connectivity index (χ2n) is 3.89. The summed E-state index contributed by atoms with van der Waals surface area (Å²) in [6.07, 6.45) is 3.60. The van der Waals surface area contributed by atoms with Crippen LogP contribution >= 0.6 is 0 Å². The molecule has 0 aromatic carbocycles. The van der Waals surface area contributed by atoms with Crippen LogP contribution < -0.4 is 10.6 Å². The quantitative estimate of drug-likeness (QED) is 0.809. The highest BCUT2D eigenvalue weighted by Gasteiger charge is 2.33. The van der Waals surface area contributed by atoms with Gasteiger partial charge in [-0.3, -0.25) is 4.98 Å². The van der Waals surface area contributed by atoms with Crippen LogP contribution in [0.5, 0.6) is 0 Å². The van der Waals surface area contributed by atoms with Gasteiger partial charge in [-0.25, -0.2) is 0 Å². The molecule has 0 spiro atoms. The minimum atomic E-state index is 0.0950. The summed E-state index contributed by atoms with van der Waals surface area (Å²) >= 11 is 0. The SMILES string of the molecule is COC1CN(c2ccncc2N)CC1OC. The van der Waals surface area contributed by atoms with E-state index in [9.17, 15) is 0 Å². The standard InChI is InChI=1S/C11H17N3O2/c1-15-10-6-14(7-11(10)16-2)9-3-4-13-5-8(9)12/h3-5,10-11H,6-7,12H2,1-2H3. The molecule has 1 aliphatic heterocycles. The number of hydrogen-bond acceptors (Lipinski definition) is 5. The van der Waals surface area contributed by atoms with Gasteiger partial charge in [0, 0.05) is 33.5 Å². The van der Waals surface area contributed by atoms with Crippen molar-refractivity contribution in [3.8, 4) is 0 Å². The molecule has 1 saturated heterocycles. The zero-order valence-electron chi connectivity index (χ0n) is 9.59. The number of nitrogens with two attached hydrogens (primary N) is 1. The molecule has 0 amide bonds. The summed E-state index contributed by atoms with van der Waals surface area (Å²) in [7, 11) is 3.41. The average Bonchev–Trinajstić information content (AvgIpc) is 2.72. The summed E-state index contributed by atoms with van der Waals surface area (Å²) in [5.41, 5.74) is 7.57. The van der Waals surface area contributed by atoms with Gasteiger partial charge >= 0.3 is 0 Å². The fourth-order valence-corrected chi connectivity index (χ4v) is 2.08. The van der Waals surface area contributed by atoms with Crippen LogP contribution in [-0.2, 0) is 9.47 Å². The number of rotatable bonds is 3. The van der Waals surface area contributed by atoms with E-state index in [0.29, 0.717) is 5.69 Å². The highest BCUT2D eigenvalue weighted by Crippen LogP contribution is 2.27. The van der Waals surface area contributed by atoms with Crippen molar-refractivity contribution in [1.29, 1.82) is 0 Å². The molecule has 1 aromatic heterocycles. The number of aromatic nitrogens is 1. The van der Waals surface area contributed by atoms with Gasteiger partial charge in [-0.05, 0) is 6.07 Å². The first-order valence-corrected chi connectivity index (χ1v) is 5.26. The monoisotopic (exact) mass is 223 g/mol. The molecular formula is C11H17N3O2. The molecule has 88 valence electrons. The van der Waals surface area contributed by atoms with E-state index in [1.807, 2.05) is 6.07 Å². The lowest BCUT2D eigenvalue weighted by Crippen LogP contribution is -2.27. The number of hydrogen-bond donors (Lipinski definition) is 1. The van der Waals surface area contributed by atoms with Gasteiger partial charge in [-0.2, -0.15) is 0 Å². The number of pyridine rings is 1. The van der Waals surface area contributed by atoms with Crippen LogP contribution in [0.15, 0.2) is 18.5 Å². The smallest absolute Gasteiger partial charge is 0.102 e. The van der Waals surface area contributed by atoms with Crippen molar-refractivity contribution in [2.24, 2.45) is 0 Å². The molecule has 2 heterocycles. The summed E-state index contributed by atoms with van der Waals surface area (Å²) in [5.74, 6) is 0. The van der Waals surface area contributed by atoms with E-state index >= 15 is 0 Å². The van der Waals surface area contributed by atoms with E-state index in [1.165, 1.54) is 0 Å². The average molecular weight is 223 g/mol. The third kappa shape index (κ3) is 1.96. The number of ether oxygens (including phenoxy) is 2. The van der Waals surface area contributed by atoms with Crippen LogP contribution in [0.1, 0.15) is 0 Å². The molecule has 5 nitrogen and oxygen atoms in total. The predicted molar refractivity (Wildman–Crippen MR) is 62.5 cm³/mol. The molecule has 0 saturated carbocycles. The summed E-state index contributed by atoms with van der Waals surface area (Å²) in [4.78, 5) is 6.15. The van der Waals surface area contributed by atoms with Crippen molar-refractivity contribution in [2.75, 3.05) is 37.9 Å². The van der Waals surface area contributed by atoms with Gasteiger partial charge in [0.05, 0.1) is 17.6 Å². The van der Waals surface area contributed by atoms with E-state index in [-0.39, 0.29) is 12.2 Å². The summed E-state index contributed by atoms with van der Waals surface area (Å²) in [6.45, 7) is 1.59. The van der Waals surface area contributed by atoms with E-state index < -0.39 is 0 Å². The van der Waals surface area contributed by atoms with Crippen molar-refractivity contribution in [3.63, 3.8) is 0 Å². The Kier molecular flexibility index (Phi) is 3.26. The summed E-state index contributed by atoms with van der Waals surface area (Å²) in [5, 5.41) is 0. The second-order valence-corrected chi connectivity index (χ2v) is 3.89. The predicted octanol–water partition coefficient (Wildman–Crippen LogP) is 0.514. The molecular weight excluding hydrogens is 206 g/mol. The lowest BCUT2D eigenvalue weighted by atomic mass is 10.3. The van der Waals surface area contributed by atoms with Crippen molar-refractivity contribution < 1.29 is 9.47 Å². The Morgan fingerprint density at radius 3 is 2.44 bits per heavy atom. The van der Waals surface area contributed by atoms with Crippen molar-refractivity contribution in [2.45, 2.75) is 12.2 Å². The van der Waals surface area contributed by atoms with Crippen molar-refractivity contribution in [3.05, 3.63) is 18.5 Å². The molecule has 2 N–H and O–H groups in total. The Balaban J connectivity index is 2.16. The molecule has 2 rings (SSSR count). The summed E-state index contributed by atoms with van der Waals surface area (Å²) < 4.78 is 10.8. The minimum Gasteiger partial charge on any atom is -0.396 e. The Morgan fingerprint density at radius 1 is 1.31 bits per heavy atom. The fraction of sp³-hybridized carbons (Fsp3) is 0.545. The largest absolute Gasteiger partial charge is 0.396 e. The van der Waals surface area contributed by atoms with Crippen LogP contribution in [0.3, 0.4) is 0 Å². The van der Waals surface area contributed by atoms with Crippen LogP contribution in [0.25, 0.3) is 0 Å². The zero-order chi connectivity index (χ0) is 11.5. The Hall–Kier alpha value is -1.33. The van der Waals surface area contributed by atoms with Crippen LogP contribution in [0, 0.1) is 0 Å². The molecule has 1 aromatic rings. The number of nitrogen functional groups attached to an aromatic ring is 1. The van der Waals surface area contributed by atoms with E-state index in [4.69, 9.17) is 15.2 Å². The maximum absolute atomic E-state index is 5.89. The Labute approximate surface area is 95.2 Å². The highest BCUT2D eigenvalue weighted by atomic mass is 16.5. The fourth-order valence-electron chi connectivity index (χ4n) is 2.08. The van der Waals surface area contributed by atoms with Crippen LogP contribution in [0.2, 0.25) is 0 Å². The maximum Gasteiger partial charge on any atom is 0.102 e. The zero-order valence-corrected chi connectivity index (χ0v) is 9.59. The molecule has 2 unspecified atom stereocenters. The van der Waals surface area contributed by atoms with Crippen LogP contribution in [0.4, 0.5) is 11.4 Å². The molecule has 0 bridgehead atoms. The number of anilines is 2. The Bertz CT molecular complexity index is 347. The molecule has 5 heteroatoms. The minimum absolute atomic E-state index is 0.0950. The first-order chi connectivity index (χ1) is 7.76. The summed E-state index contributed by atoms with van der Waals surface area (Å²) in [6, 6.07) is 1.92. The first-order valence-electron chi connectivity index (χ1n) is 5.26. The van der Waals surface area contributed by atoms with Gasteiger partial charge in [0.25, 0.3) is 0 Å². The lowest BCUT2D eigenvalue weighted by molar-refractivity contribution is -0.00461. The molecule has 0 aliphatic carbocycles. The van der Waals surface area contributed by atoms with E-state index in [2.05, 4.69) is 9.88 Å². The molecule has 1 aliphatic rings. The number of methoxy groups -OCH3 is 2. The van der Waals surface area contributed by atoms with Crippen molar-refractivity contribution >= 4 is 11.4 Å². The molecule has 1 fully saturated rings. The number of nitrogens with zero attached hydrogens (tertiary/aromatic N) is 2. The molecule has 16 heavy (non-hydrogen) atoms. The topological polar surface area (TPSA) is 60.6 Å². The van der Waals surface area contributed by atoms with E-state index in [0.717, 1.165) is 18.8 Å². The van der Waals surface area contributed by atoms with Gasteiger partial charge in [-0.15, -0.1) is 0 Å². The third-order valence-electron chi connectivity index (χ3n) is 2.99. The first kappa shape index (κ1) is 11.2. The lowest BCUT2D eigenvalue weighted by Gasteiger charge is -2.19. The third-order valence-corrected chi connectivity index (χ3v) is 2.99. The molecule has 2 atom stereocenters. The van der Waals surface area contributed by atoms with Gasteiger partial charge < -0.3 is 20.1 Å². The highest BCUT2D eigenvalue weighted by molar-refractivity contribution is 5.66. The van der Waals surface area contributed by atoms with E-state index in [1.54, 1.807) is 26.6 Å². The van der Waals surface area contributed by atoms with Crippen molar-refractivity contribution in [1.82, 2.24) is 4.98 Å². The van der Waals surface area contributed by atoms with Gasteiger partial charge in [0.2, 0.25) is 0 Å². The van der Waals surface area contributed by atoms with Gasteiger partial charge in [0.1, 0.15) is 12.2 Å². The second kappa shape index (κ2) is 4.67. The van der Waals surface area contributed by atoms with Crippen LogP contribution in [-0.4, -0.2) is 44.5 Å². The van der Waals surface area contributed by atoms with Gasteiger partial charge in [-0.1, -0.05) is 0 Å².